The molecule has 0 aliphatic heterocycles. The van der Waals surface area contributed by atoms with Gasteiger partial charge in [0.25, 0.3) is 0 Å². The first-order valence-corrected chi connectivity index (χ1v) is 7.21. The predicted molar refractivity (Wildman–Crippen MR) is 79.8 cm³/mol. The van der Waals surface area contributed by atoms with Crippen LogP contribution in [0.25, 0.3) is 10.6 Å². The third-order valence-corrected chi connectivity index (χ3v) is 3.82. The number of rotatable bonds is 4. The van der Waals surface area contributed by atoms with Gasteiger partial charge in [-0.15, -0.1) is 11.3 Å². The predicted octanol–water partition coefficient (Wildman–Crippen LogP) is 3.43. The van der Waals surface area contributed by atoms with Crippen LogP contribution in [-0.4, -0.2) is 14.8 Å². The molecule has 0 aliphatic rings. The Morgan fingerprint density at radius 1 is 1.35 bits per heavy atom. The Hall–Kier alpha value is -2.14. The highest BCUT2D eigenvalue weighted by Crippen LogP contribution is 2.23. The molecule has 0 saturated heterocycles. The summed E-state index contributed by atoms with van der Waals surface area (Å²) < 4.78 is 7.53. The van der Waals surface area contributed by atoms with Gasteiger partial charge in [-0.25, -0.2) is 4.98 Å². The lowest BCUT2D eigenvalue weighted by atomic mass is 10.2. The fourth-order valence-corrected chi connectivity index (χ4v) is 2.68. The van der Waals surface area contributed by atoms with Gasteiger partial charge in [0.2, 0.25) is 0 Å². The quantitative estimate of drug-likeness (QED) is 0.737. The van der Waals surface area contributed by atoms with Gasteiger partial charge in [0, 0.05) is 24.2 Å². The molecule has 0 atom stereocenters. The number of nitrogens with zero attached hydrogens (tertiary/aromatic N) is 3. The maximum Gasteiger partial charge on any atom is 0.131 e. The minimum Gasteiger partial charge on any atom is -0.487 e. The van der Waals surface area contributed by atoms with Crippen molar-refractivity contribution >= 4 is 11.3 Å². The van der Waals surface area contributed by atoms with Crippen molar-refractivity contribution in [1.82, 2.24) is 14.8 Å². The van der Waals surface area contributed by atoms with Crippen molar-refractivity contribution in [2.75, 3.05) is 0 Å². The van der Waals surface area contributed by atoms with Gasteiger partial charge in [-0.2, -0.15) is 5.10 Å². The van der Waals surface area contributed by atoms with Crippen molar-refractivity contribution in [1.29, 1.82) is 0 Å². The molecule has 0 spiro atoms. The van der Waals surface area contributed by atoms with E-state index in [2.05, 4.69) is 23.1 Å². The molecule has 20 heavy (non-hydrogen) atoms. The van der Waals surface area contributed by atoms with Gasteiger partial charge in [-0.1, -0.05) is 12.1 Å². The van der Waals surface area contributed by atoms with Gasteiger partial charge in [0.05, 0.1) is 11.9 Å². The Morgan fingerprint density at radius 2 is 2.25 bits per heavy atom. The van der Waals surface area contributed by atoms with Crippen LogP contribution in [0, 0.1) is 6.92 Å². The molecule has 2 aromatic heterocycles. The lowest BCUT2D eigenvalue weighted by molar-refractivity contribution is 0.302. The molecular formula is C15H15N3OS. The van der Waals surface area contributed by atoms with Crippen LogP contribution >= 0.6 is 11.3 Å². The highest BCUT2D eigenvalue weighted by atomic mass is 32.1. The van der Waals surface area contributed by atoms with Crippen LogP contribution in [0.1, 0.15) is 11.3 Å². The lowest BCUT2D eigenvalue weighted by Crippen LogP contribution is -1.95. The number of aromatic nitrogens is 3. The Bertz CT molecular complexity index is 717. The number of thiazole rings is 1. The zero-order valence-electron chi connectivity index (χ0n) is 11.4. The van der Waals surface area contributed by atoms with E-state index in [1.165, 1.54) is 5.56 Å². The lowest BCUT2D eigenvalue weighted by Gasteiger charge is -2.04. The minimum absolute atomic E-state index is 0.486. The summed E-state index contributed by atoms with van der Waals surface area (Å²) in [7, 11) is 1.90. The molecule has 102 valence electrons. The minimum atomic E-state index is 0.486. The van der Waals surface area contributed by atoms with Gasteiger partial charge in [-0.05, 0) is 24.6 Å². The molecule has 0 amide bonds. The van der Waals surface area contributed by atoms with E-state index in [-0.39, 0.29) is 0 Å². The van der Waals surface area contributed by atoms with E-state index in [0.29, 0.717) is 6.61 Å². The van der Waals surface area contributed by atoms with E-state index in [4.69, 9.17) is 4.74 Å². The second kappa shape index (κ2) is 5.46. The summed E-state index contributed by atoms with van der Waals surface area (Å²) in [5, 5.41) is 7.16. The SMILES string of the molecule is Cc1cccc(OCc2csc(-c3cnn(C)c3)n2)c1. The molecule has 3 rings (SSSR count). The Labute approximate surface area is 121 Å². The fourth-order valence-electron chi connectivity index (χ4n) is 1.90. The maximum absolute atomic E-state index is 5.75. The first-order chi connectivity index (χ1) is 9.70. The summed E-state index contributed by atoms with van der Waals surface area (Å²) in [6.07, 6.45) is 3.79. The smallest absolute Gasteiger partial charge is 0.131 e. The number of hydrogen-bond acceptors (Lipinski definition) is 4. The molecule has 0 bridgehead atoms. The fraction of sp³-hybridized carbons (Fsp3) is 0.200. The molecule has 0 radical (unpaired) electrons. The monoisotopic (exact) mass is 285 g/mol. The van der Waals surface area contributed by atoms with Crippen LogP contribution in [0.4, 0.5) is 0 Å². The zero-order valence-corrected chi connectivity index (χ0v) is 12.2. The van der Waals surface area contributed by atoms with Crippen molar-refractivity contribution in [2.24, 2.45) is 7.05 Å². The van der Waals surface area contributed by atoms with Gasteiger partial charge in [0.15, 0.2) is 0 Å². The van der Waals surface area contributed by atoms with E-state index in [1.807, 2.05) is 43.0 Å². The number of aryl methyl sites for hydroxylation is 2. The summed E-state index contributed by atoms with van der Waals surface area (Å²) in [6, 6.07) is 8.03. The maximum atomic E-state index is 5.75. The van der Waals surface area contributed by atoms with Crippen LogP contribution in [0.3, 0.4) is 0 Å². The van der Waals surface area contributed by atoms with Crippen LogP contribution in [0.15, 0.2) is 42.0 Å². The molecule has 4 nitrogen and oxygen atoms in total. The molecule has 2 heterocycles. The first kappa shape index (κ1) is 12.9. The van der Waals surface area contributed by atoms with Gasteiger partial charge in [0.1, 0.15) is 17.4 Å². The second-order valence-corrected chi connectivity index (χ2v) is 5.51. The van der Waals surface area contributed by atoms with E-state index < -0.39 is 0 Å². The van der Waals surface area contributed by atoms with E-state index in [9.17, 15) is 0 Å². The van der Waals surface area contributed by atoms with E-state index >= 15 is 0 Å². The molecule has 1 aromatic carbocycles. The van der Waals surface area contributed by atoms with Gasteiger partial charge in [-0.3, -0.25) is 4.68 Å². The van der Waals surface area contributed by atoms with Crippen LogP contribution in [-0.2, 0) is 13.7 Å². The third-order valence-electron chi connectivity index (χ3n) is 2.88. The largest absolute Gasteiger partial charge is 0.487 e. The van der Waals surface area contributed by atoms with Crippen molar-refractivity contribution < 1.29 is 4.74 Å². The topological polar surface area (TPSA) is 39.9 Å². The van der Waals surface area contributed by atoms with E-state index in [1.54, 1.807) is 16.0 Å². The van der Waals surface area contributed by atoms with Crippen molar-refractivity contribution in [2.45, 2.75) is 13.5 Å². The van der Waals surface area contributed by atoms with Crippen LogP contribution in [0.2, 0.25) is 0 Å². The van der Waals surface area contributed by atoms with Gasteiger partial charge < -0.3 is 4.74 Å². The average Bonchev–Trinajstić information content (AvgIpc) is 3.05. The highest BCUT2D eigenvalue weighted by Gasteiger charge is 2.07. The third kappa shape index (κ3) is 2.88. The highest BCUT2D eigenvalue weighted by molar-refractivity contribution is 7.13. The average molecular weight is 285 g/mol. The summed E-state index contributed by atoms with van der Waals surface area (Å²) in [4.78, 5) is 4.57. The van der Waals surface area contributed by atoms with Crippen molar-refractivity contribution in [3.05, 3.63) is 53.3 Å². The molecule has 3 aromatic rings. The Balaban J connectivity index is 1.68. The van der Waals surface area contributed by atoms with Crippen LogP contribution < -0.4 is 4.74 Å². The molecule has 0 aliphatic carbocycles. The normalized spacial score (nSPS) is 10.7. The molecule has 0 saturated carbocycles. The van der Waals surface area contributed by atoms with Crippen molar-refractivity contribution in [3.63, 3.8) is 0 Å². The number of benzene rings is 1. The summed E-state index contributed by atoms with van der Waals surface area (Å²) in [5.74, 6) is 0.876. The Kier molecular flexibility index (Phi) is 3.52. The molecule has 0 N–H and O–H groups in total. The van der Waals surface area contributed by atoms with E-state index in [0.717, 1.165) is 22.0 Å². The van der Waals surface area contributed by atoms with Crippen LogP contribution in [0.5, 0.6) is 5.75 Å². The standard InChI is InChI=1S/C15H15N3OS/c1-11-4-3-5-14(6-11)19-9-13-10-20-15(17-13)12-7-16-18(2)8-12/h3-8,10H,9H2,1-2H3. The summed E-state index contributed by atoms with van der Waals surface area (Å²) in [6.45, 7) is 2.54. The second-order valence-electron chi connectivity index (χ2n) is 4.65. The summed E-state index contributed by atoms with van der Waals surface area (Å²) in [5.41, 5.74) is 3.17. The first-order valence-electron chi connectivity index (χ1n) is 6.33. The molecule has 0 fully saturated rings. The van der Waals surface area contributed by atoms with Gasteiger partial charge >= 0.3 is 0 Å². The molecular weight excluding hydrogens is 270 g/mol. The zero-order chi connectivity index (χ0) is 13.9. The Morgan fingerprint density at radius 3 is 3.00 bits per heavy atom. The number of hydrogen-bond donors (Lipinski definition) is 0. The number of ether oxygens (including phenoxy) is 1. The molecule has 0 unspecified atom stereocenters. The van der Waals surface area contributed by atoms with Crippen molar-refractivity contribution in [3.8, 4) is 16.3 Å². The summed E-state index contributed by atoms with van der Waals surface area (Å²) >= 11 is 1.61. The molecule has 5 heteroatoms.